The van der Waals surface area contributed by atoms with Crippen LogP contribution in [0.1, 0.15) is 51.9 Å². The molecular formula is C16H30BrN3O. The molecule has 0 saturated carbocycles. The van der Waals surface area contributed by atoms with Gasteiger partial charge in [0, 0.05) is 26.1 Å². The lowest BCUT2D eigenvalue weighted by Crippen LogP contribution is -2.43. The van der Waals surface area contributed by atoms with Crippen molar-refractivity contribution in [1.82, 2.24) is 15.1 Å². The van der Waals surface area contributed by atoms with Crippen LogP contribution in [0.5, 0.6) is 0 Å². The van der Waals surface area contributed by atoms with Crippen LogP contribution in [0.2, 0.25) is 0 Å². The third kappa shape index (κ3) is 5.08. The highest BCUT2D eigenvalue weighted by molar-refractivity contribution is 9.10. The Hall–Kier alpha value is -0.390. The van der Waals surface area contributed by atoms with Gasteiger partial charge in [0.2, 0.25) is 0 Å². The van der Waals surface area contributed by atoms with Crippen LogP contribution in [0.25, 0.3) is 0 Å². The van der Waals surface area contributed by atoms with Crippen LogP contribution >= 0.6 is 15.9 Å². The number of nitrogens with one attached hydrogen (secondary N) is 1. The zero-order valence-corrected chi connectivity index (χ0v) is 15.7. The summed E-state index contributed by atoms with van der Waals surface area (Å²) < 4.78 is 9.13. The fourth-order valence-electron chi connectivity index (χ4n) is 2.75. The zero-order chi connectivity index (χ0) is 15.8. The molecule has 122 valence electrons. The monoisotopic (exact) mass is 359 g/mol. The van der Waals surface area contributed by atoms with Crippen LogP contribution in [-0.2, 0) is 24.6 Å². The Kier molecular flexibility index (Phi) is 8.52. The maximum Gasteiger partial charge on any atom is 0.0766 e. The minimum atomic E-state index is 0.256. The quantitative estimate of drug-likeness (QED) is 0.694. The average Bonchev–Trinajstić information content (AvgIpc) is 2.73. The van der Waals surface area contributed by atoms with E-state index in [0.717, 1.165) is 49.0 Å². The molecule has 0 amide bonds. The van der Waals surface area contributed by atoms with Crippen LogP contribution in [0, 0.1) is 0 Å². The van der Waals surface area contributed by atoms with Gasteiger partial charge in [-0.25, -0.2) is 0 Å². The van der Waals surface area contributed by atoms with Crippen molar-refractivity contribution >= 4 is 15.9 Å². The van der Waals surface area contributed by atoms with Gasteiger partial charge in [0.05, 0.1) is 22.0 Å². The van der Waals surface area contributed by atoms with E-state index in [9.17, 15) is 0 Å². The molecule has 0 aromatic carbocycles. The Bertz CT molecular complexity index is 414. The molecule has 0 aliphatic rings. The Morgan fingerprint density at radius 1 is 1.29 bits per heavy atom. The van der Waals surface area contributed by atoms with Crippen molar-refractivity contribution in [3.05, 3.63) is 15.9 Å². The highest BCUT2D eigenvalue weighted by atomic mass is 79.9. The summed E-state index contributed by atoms with van der Waals surface area (Å²) in [5.41, 5.74) is 2.38. The number of aromatic nitrogens is 2. The van der Waals surface area contributed by atoms with Crippen molar-refractivity contribution in [3.63, 3.8) is 0 Å². The van der Waals surface area contributed by atoms with E-state index < -0.39 is 0 Å². The first-order chi connectivity index (χ1) is 10.1. The molecular weight excluding hydrogens is 330 g/mol. The predicted molar refractivity (Wildman–Crippen MR) is 91.8 cm³/mol. The standard InChI is InChI=1S/C16H30BrN3O/c1-6-10-15(21-9-4)13(18-8-3)11-14-16(17)12(7-2)19-20(14)5/h13,15,18H,6-11H2,1-5H3. The Morgan fingerprint density at radius 3 is 2.48 bits per heavy atom. The number of ether oxygens (including phenoxy) is 1. The number of nitrogens with zero attached hydrogens (tertiary/aromatic N) is 2. The lowest BCUT2D eigenvalue weighted by atomic mass is 10.0. The van der Waals surface area contributed by atoms with E-state index in [1.807, 2.05) is 11.7 Å². The second-order valence-electron chi connectivity index (χ2n) is 5.34. The second kappa shape index (κ2) is 9.59. The van der Waals surface area contributed by atoms with E-state index in [4.69, 9.17) is 4.74 Å². The number of hydrogen-bond acceptors (Lipinski definition) is 3. The second-order valence-corrected chi connectivity index (χ2v) is 6.13. The summed E-state index contributed by atoms with van der Waals surface area (Å²) in [6.07, 6.45) is 4.36. The van der Waals surface area contributed by atoms with Crippen molar-refractivity contribution in [2.75, 3.05) is 13.2 Å². The smallest absolute Gasteiger partial charge is 0.0766 e. The third-order valence-electron chi connectivity index (χ3n) is 3.79. The number of halogens is 1. The van der Waals surface area contributed by atoms with Crippen molar-refractivity contribution in [1.29, 1.82) is 0 Å². The highest BCUT2D eigenvalue weighted by Crippen LogP contribution is 2.24. The first-order valence-electron chi connectivity index (χ1n) is 8.14. The molecule has 1 N–H and O–H groups in total. The fourth-order valence-corrected chi connectivity index (χ4v) is 3.52. The number of aryl methyl sites for hydroxylation is 2. The first kappa shape index (κ1) is 18.7. The van der Waals surface area contributed by atoms with Crippen LogP contribution in [0.3, 0.4) is 0 Å². The number of rotatable bonds is 10. The van der Waals surface area contributed by atoms with E-state index in [1.54, 1.807) is 0 Å². The summed E-state index contributed by atoms with van der Waals surface area (Å²) in [4.78, 5) is 0. The topological polar surface area (TPSA) is 39.1 Å². The number of likely N-dealkylation sites (N-methyl/N-ethyl adjacent to an activating group) is 1. The van der Waals surface area contributed by atoms with E-state index in [1.165, 1.54) is 5.69 Å². The summed E-state index contributed by atoms with van der Waals surface area (Å²) in [7, 11) is 2.03. The molecule has 4 nitrogen and oxygen atoms in total. The molecule has 0 radical (unpaired) electrons. The predicted octanol–water partition coefficient (Wildman–Crippen LogP) is 3.47. The van der Waals surface area contributed by atoms with E-state index in [-0.39, 0.29) is 6.10 Å². The minimum Gasteiger partial charge on any atom is -0.377 e. The Labute approximate surface area is 137 Å². The molecule has 1 aromatic heterocycles. The van der Waals surface area contributed by atoms with E-state index >= 15 is 0 Å². The van der Waals surface area contributed by atoms with Gasteiger partial charge in [0.15, 0.2) is 0 Å². The minimum absolute atomic E-state index is 0.256. The van der Waals surface area contributed by atoms with Gasteiger partial charge in [0.25, 0.3) is 0 Å². The molecule has 0 saturated heterocycles. The van der Waals surface area contributed by atoms with Crippen molar-refractivity contribution < 1.29 is 4.74 Å². The maximum atomic E-state index is 5.97. The highest BCUT2D eigenvalue weighted by Gasteiger charge is 2.24. The summed E-state index contributed by atoms with van der Waals surface area (Å²) in [6.45, 7) is 10.3. The van der Waals surface area contributed by atoms with Crippen molar-refractivity contribution in [2.45, 2.75) is 65.5 Å². The van der Waals surface area contributed by atoms with Crippen LogP contribution in [0.4, 0.5) is 0 Å². The van der Waals surface area contributed by atoms with Gasteiger partial charge in [0.1, 0.15) is 0 Å². The average molecular weight is 360 g/mol. The van der Waals surface area contributed by atoms with Gasteiger partial charge in [-0.15, -0.1) is 0 Å². The van der Waals surface area contributed by atoms with Crippen LogP contribution in [0.15, 0.2) is 4.47 Å². The van der Waals surface area contributed by atoms with E-state index in [0.29, 0.717) is 6.04 Å². The molecule has 5 heteroatoms. The molecule has 0 fully saturated rings. The van der Waals surface area contributed by atoms with Crippen molar-refractivity contribution in [3.8, 4) is 0 Å². The summed E-state index contributed by atoms with van der Waals surface area (Å²) >= 11 is 3.72. The van der Waals surface area contributed by atoms with Gasteiger partial charge in [-0.3, -0.25) is 4.68 Å². The molecule has 0 aliphatic carbocycles. The molecule has 1 aromatic rings. The molecule has 1 heterocycles. The lowest BCUT2D eigenvalue weighted by molar-refractivity contribution is 0.0281. The molecule has 0 aliphatic heterocycles. The van der Waals surface area contributed by atoms with Gasteiger partial charge in [-0.05, 0) is 42.2 Å². The fraction of sp³-hybridized carbons (Fsp3) is 0.812. The van der Waals surface area contributed by atoms with Gasteiger partial charge in [-0.1, -0.05) is 27.2 Å². The van der Waals surface area contributed by atoms with E-state index in [2.05, 4.69) is 54.0 Å². The third-order valence-corrected chi connectivity index (χ3v) is 4.70. The number of hydrogen-bond donors (Lipinski definition) is 1. The molecule has 2 atom stereocenters. The normalized spacial score (nSPS) is 14.4. The van der Waals surface area contributed by atoms with Crippen LogP contribution in [-0.4, -0.2) is 35.1 Å². The maximum absolute atomic E-state index is 5.97. The van der Waals surface area contributed by atoms with Gasteiger partial charge < -0.3 is 10.1 Å². The Morgan fingerprint density at radius 2 is 2.00 bits per heavy atom. The van der Waals surface area contributed by atoms with Crippen molar-refractivity contribution in [2.24, 2.45) is 7.05 Å². The first-order valence-corrected chi connectivity index (χ1v) is 8.93. The zero-order valence-electron chi connectivity index (χ0n) is 14.1. The summed E-state index contributed by atoms with van der Waals surface area (Å²) in [5, 5.41) is 8.19. The summed E-state index contributed by atoms with van der Waals surface area (Å²) in [5.74, 6) is 0. The largest absolute Gasteiger partial charge is 0.377 e. The molecule has 0 spiro atoms. The SMILES string of the molecule is CCCC(OCC)C(Cc1c(Br)c(CC)nn1C)NCC. The summed E-state index contributed by atoms with van der Waals surface area (Å²) in [6, 6.07) is 0.325. The van der Waals surface area contributed by atoms with Crippen LogP contribution < -0.4 is 5.32 Å². The van der Waals surface area contributed by atoms with Gasteiger partial charge >= 0.3 is 0 Å². The Balaban J connectivity index is 2.93. The molecule has 21 heavy (non-hydrogen) atoms. The lowest BCUT2D eigenvalue weighted by Gasteiger charge is -2.28. The van der Waals surface area contributed by atoms with Gasteiger partial charge in [-0.2, -0.15) is 5.10 Å². The molecule has 0 bridgehead atoms. The molecule has 2 unspecified atom stereocenters. The molecule has 1 rings (SSSR count).